The van der Waals surface area contributed by atoms with Gasteiger partial charge in [0, 0.05) is 12.7 Å². The highest BCUT2D eigenvalue weighted by Gasteiger charge is 2.25. The minimum absolute atomic E-state index is 0.0240. The molecule has 10 nitrogen and oxygen atoms in total. The third kappa shape index (κ3) is 3.34. The van der Waals surface area contributed by atoms with Gasteiger partial charge >= 0.3 is 0 Å². The first-order valence-corrected chi connectivity index (χ1v) is 9.99. The standard InChI is InChI=1S/C21H18ClN9O/c1-3-30(18-12(10-23)17(24)28-20(25)29-18)21-27-14-7-4-6-13(22)16(14)19(32)31(21)15-8-5-9-26-11(15)2/h4-9H,3H2,1-2H3,(H4,24,25,28,29). The van der Waals surface area contributed by atoms with E-state index in [2.05, 4.69) is 15.0 Å². The van der Waals surface area contributed by atoms with Gasteiger partial charge in [-0.3, -0.25) is 14.7 Å². The van der Waals surface area contributed by atoms with Crippen LogP contribution in [0.1, 0.15) is 18.2 Å². The molecule has 0 aliphatic heterocycles. The van der Waals surface area contributed by atoms with Gasteiger partial charge in [-0.1, -0.05) is 17.7 Å². The number of halogens is 1. The van der Waals surface area contributed by atoms with Gasteiger partial charge in [-0.25, -0.2) is 9.55 Å². The fourth-order valence-electron chi connectivity index (χ4n) is 3.46. The van der Waals surface area contributed by atoms with Crippen molar-refractivity contribution in [3.05, 3.63) is 63.2 Å². The molecule has 160 valence electrons. The van der Waals surface area contributed by atoms with E-state index >= 15 is 0 Å². The molecule has 32 heavy (non-hydrogen) atoms. The smallest absolute Gasteiger partial charge is 0.268 e. The molecule has 4 rings (SSSR count). The third-order valence-corrected chi connectivity index (χ3v) is 5.22. The Morgan fingerprint density at radius 3 is 2.66 bits per heavy atom. The van der Waals surface area contributed by atoms with E-state index in [1.54, 1.807) is 48.4 Å². The van der Waals surface area contributed by atoms with Crippen LogP contribution >= 0.6 is 11.6 Å². The number of nitrogens with zero attached hydrogens (tertiary/aromatic N) is 7. The summed E-state index contributed by atoms with van der Waals surface area (Å²) in [5.74, 6) is 0.176. The van der Waals surface area contributed by atoms with Crippen LogP contribution in [-0.2, 0) is 0 Å². The second kappa shape index (κ2) is 8.13. The number of hydrogen-bond acceptors (Lipinski definition) is 9. The zero-order chi connectivity index (χ0) is 23.0. The summed E-state index contributed by atoms with van der Waals surface area (Å²) >= 11 is 6.35. The van der Waals surface area contributed by atoms with Crippen molar-refractivity contribution in [2.45, 2.75) is 13.8 Å². The number of nitrogen functional groups attached to an aromatic ring is 2. The normalized spacial score (nSPS) is 10.8. The minimum Gasteiger partial charge on any atom is -0.382 e. The molecule has 0 aliphatic rings. The summed E-state index contributed by atoms with van der Waals surface area (Å²) in [6.45, 7) is 3.90. The van der Waals surface area contributed by atoms with E-state index in [-0.39, 0.29) is 39.5 Å². The second-order valence-electron chi connectivity index (χ2n) is 6.82. The van der Waals surface area contributed by atoms with E-state index in [1.165, 1.54) is 4.57 Å². The second-order valence-corrected chi connectivity index (χ2v) is 7.22. The molecule has 0 atom stereocenters. The quantitative estimate of drug-likeness (QED) is 0.480. The molecule has 11 heteroatoms. The molecule has 3 aromatic heterocycles. The van der Waals surface area contributed by atoms with Gasteiger partial charge in [0.2, 0.25) is 11.9 Å². The molecule has 0 amide bonds. The van der Waals surface area contributed by atoms with Gasteiger partial charge in [-0.15, -0.1) is 0 Å². The lowest BCUT2D eigenvalue weighted by Gasteiger charge is -2.26. The zero-order valence-electron chi connectivity index (χ0n) is 17.2. The summed E-state index contributed by atoms with van der Waals surface area (Å²) in [6, 6.07) is 10.5. The third-order valence-electron chi connectivity index (χ3n) is 4.91. The lowest BCUT2D eigenvalue weighted by molar-refractivity contribution is 0.851. The number of aromatic nitrogens is 5. The highest BCUT2D eigenvalue weighted by atomic mass is 35.5. The first-order chi connectivity index (χ1) is 15.4. The van der Waals surface area contributed by atoms with Gasteiger partial charge in [0.05, 0.1) is 27.3 Å². The van der Waals surface area contributed by atoms with E-state index in [0.29, 0.717) is 23.4 Å². The van der Waals surface area contributed by atoms with Crippen LogP contribution in [0.5, 0.6) is 0 Å². The summed E-state index contributed by atoms with van der Waals surface area (Å²) < 4.78 is 1.40. The van der Waals surface area contributed by atoms with Crippen molar-refractivity contribution in [1.29, 1.82) is 5.26 Å². The number of hydrogen-bond donors (Lipinski definition) is 2. The van der Waals surface area contributed by atoms with E-state index in [0.717, 1.165) is 0 Å². The number of rotatable bonds is 4. The maximum atomic E-state index is 13.7. The zero-order valence-corrected chi connectivity index (χ0v) is 18.0. The maximum Gasteiger partial charge on any atom is 0.268 e. The first-order valence-electron chi connectivity index (χ1n) is 9.61. The molecular formula is C21H18ClN9O. The molecule has 0 radical (unpaired) electrons. The van der Waals surface area contributed by atoms with E-state index < -0.39 is 5.56 Å². The van der Waals surface area contributed by atoms with E-state index in [1.807, 2.05) is 13.0 Å². The molecule has 0 spiro atoms. The Morgan fingerprint density at radius 1 is 1.19 bits per heavy atom. The summed E-state index contributed by atoms with van der Waals surface area (Å²) in [5, 5.41) is 10.2. The van der Waals surface area contributed by atoms with E-state index in [4.69, 9.17) is 28.1 Å². The maximum absolute atomic E-state index is 13.7. The number of aryl methyl sites for hydroxylation is 1. The first kappa shape index (κ1) is 21.0. The Labute approximate surface area is 187 Å². The number of anilines is 4. The topological polar surface area (TPSA) is 153 Å². The van der Waals surface area contributed by atoms with Gasteiger partial charge in [0.15, 0.2) is 5.82 Å². The Hall–Kier alpha value is -4.23. The van der Waals surface area contributed by atoms with Gasteiger partial charge in [-0.2, -0.15) is 15.2 Å². The van der Waals surface area contributed by atoms with Crippen molar-refractivity contribution in [3.63, 3.8) is 0 Å². The van der Waals surface area contributed by atoms with Crippen LogP contribution < -0.4 is 21.9 Å². The predicted molar refractivity (Wildman–Crippen MR) is 123 cm³/mol. The number of benzene rings is 1. The van der Waals surface area contributed by atoms with Crippen LogP contribution in [-0.4, -0.2) is 31.0 Å². The van der Waals surface area contributed by atoms with Crippen molar-refractivity contribution in [3.8, 4) is 11.8 Å². The molecule has 0 fully saturated rings. The Balaban J connectivity index is 2.15. The average molecular weight is 448 g/mol. The van der Waals surface area contributed by atoms with Crippen LogP contribution in [0, 0.1) is 18.3 Å². The molecule has 4 aromatic rings. The number of pyridine rings is 1. The van der Waals surface area contributed by atoms with E-state index in [9.17, 15) is 10.1 Å². The minimum atomic E-state index is -0.390. The predicted octanol–water partition coefficient (Wildman–Crippen LogP) is 2.73. The summed E-state index contributed by atoms with van der Waals surface area (Å²) in [6.07, 6.45) is 1.63. The Morgan fingerprint density at radius 2 is 1.97 bits per heavy atom. The monoisotopic (exact) mass is 447 g/mol. The van der Waals surface area contributed by atoms with Crippen molar-refractivity contribution in [2.75, 3.05) is 22.9 Å². The molecular weight excluding hydrogens is 430 g/mol. The molecule has 0 saturated carbocycles. The van der Waals surface area contributed by atoms with Gasteiger partial charge in [0.1, 0.15) is 17.5 Å². The fraction of sp³-hybridized carbons (Fsp3) is 0.143. The lowest BCUT2D eigenvalue weighted by Crippen LogP contribution is -2.31. The number of nitriles is 1. The Bertz CT molecular complexity index is 1460. The summed E-state index contributed by atoms with van der Waals surface area (Å²) in [4.78, 5) is 32.4. The van der Waals surface area contributed by atoms with Gasteiger partial charge < -0.3 is 11.5 Å². The van der Waals surface area contributed by atoms with Crippen LogP contribution in [0.2, 0.25) is 5.02 Å². The summed E-state index contributed by atoms with van der Waals surface area (Å²) in [7, 11) is 0. The molecule has 0 saturated heterocycles. The van der Waals surface area contributed by atoms with Crippen LogP contribution in [0.3, 0.4) is 0 Å². The molecule has 3 heterocycles. The number of nitrogens with two attached hydrogens (primary N) is 2. The molecule has 0 unspecified atom stereocenters. The van der Waals surface area contributed by atoms with Crippen molar-refractivity contribution >= 4 is 46.0 Å². The van der Waals surface area contributed by atoms with Crippen LogP contribution in [0.4, 0.5) is 23.5 Å². The highest BCUT2D eigenvalue weighted by Crippen LogP contribution is 2.31. The number of fused-ring (bicyclic) bond motifs is 1. The molecule has 1 aromatic carbocycles. The highest BCUT2D eigenvalue weighted by molar-refractivity contribution is 6.35. The molecule has 4 N–H and O–H groups in total. The van der Waals surface area contributed by atoms with Gasteiger partial charge in [-0.05, 0) is 38.1 Å². The Kier molecular flexibility index (Phi) is 5.34. The van der Waals surface area contributed by atoms with Gasteiger partial charge in [0.25, 0.3) is 5.56 Å². The van der Waals surface area contributed by atoms with Crippen LogP contribution in [0.25, 0.3) is 16.6 Å². The van der Waals surface area contributed by atoms with Crippen molar-refractivity contribution in [1.82, 2.24) is 24.5 Å². The fourth-order valence-corrected chi connectivity index (χ4v) is 3.71. The van der Waals surface area contributed by atoms with Crippen molar-refractivity contribution in [2.24, 2.45) is 0 Å². The molecule has 0 aliphatic carbocycles. The van der Waals surface area contributed by atoms with Crippen molar-refractivity contribution < 1.29 is 0 Å². The largest absolute Gasteiger partial charge is 0.382 e. The van der Waals surface area contributed by atoms with Crippen LogP contribution in [0.15, 0.2) is 41.3 Å². The lowest BCUT2D eigenvalue weighted by atomic mass is 10.2. The summed E-state index contributed by atoms with van der Waals surface area (Å²) in [5.41, 5.74) is 12.9. The average Bonchev–Trinajstić information content (AvgIpc) is 2.75. The SMILES string of the molecule is CCN(c1nc(N)nc(N)c1C#N)c1nc2cccc(Cl)c2c(=O)n1-c1cccnc1C. The molecule has 0 bridgehead atoms.